The number of aldehydes is 2. The third-order valence-electron chi connectivity index (χ3n) is 9.40. The molecule has 0 spiro atoms. The number of aliphatic hydroxyl groups excluding tert-OH is 2. The van der Waals surface area contributed by atoms with Gasteiger partial charge in [0.15, 0.2) is 0 Å². The Labute approximate surface area is 279 Å². The lowest BCUT2D eigenvalue weighted by Gasteiger charge is -2.36. The summed E-state index contributed by atoms with van der Waals surface area (Å²) in [5, 5.41) is 19.2. The van der Waals surface area contributed by atoms with Gasteiger partial charge >= 0.3 is 6.09 Å². The van der Waals surface area contributed by atoms with Gasteiger partial charge in [0.25, 0.3) is 0 Å². The number of amides is 1. The molecule has 2 saturated heterocycles. The second-order valence-electron chi connectivity index (χ2n) is 13.2. The van der Waals surface area contributed by atoms with Crippen LogP contribution in [-0.2, 0) is 14.3 Å². The van der Waals surface area contributed by atoms with Gasteiger partial charge in [0.2, 0.25) is 0 Å². The molecule has 0 saturated carbocycles. The molecule has 0 aliphatic carbocycles. The molecule has 0 radical (unpaired) electrons. The standard InChI is InChI=1S/C36H55FN4O6/c1-27(7-9-35(28(2)6-8-33(45)10-21-43)47-36(46)41-16-12-38(4)13-17-41)34(26-44)29(3)22-30-23-31(37)25-32(24-30)40-18-14-39(15-19-40)11-5-20-42/h7,9,21-28,33-35,42,45H,5-6,8,10-20H2,1-4H3/b9-7+,29-22+/t27-,28-,33+,34-,35-/m0/s1. The van der Waals surface area contributed by atoms with Crippen LogP contribution >= 0.6 is 0 Å². The van der Waals surface area contributed by atoms with Gasteiger partial charge < -0.3 is 39.2 Å². The molecular weight excluding hydrogens is 603 g/mol. The highest BCUT2D eigenvalue weighted by Crippen LogP contribution is 2.27. The maximum Gasteiger partial charge on any atom is 0.410 e. The Hall–Kier alpha value is -3.12. The quantitative estimate of drug-likeness (QED) is 0.190. The third kappa shape index (κ3) is 12.4. The molecule has 0 aromatic heterocycles. The van der Waals surface area contributed by atoms with E-state index in [-0.39, 0.29) is 30.7 Å². The van der Waals surface area contributed by atoms with Gasteiger partial charge in [-0.1, -0.05) is 31.6 Å². The van der Waals surface area contributed by atoms with Crippen molar-refractivity contribution in [2.45, 2.75) is 58.7 Å². The average Bonchev–Trinajstić information content (AvgIpc) is 3.05. The monoisotopic (exact) mass is 658 g/mol. The maximum atomic E-state index is 14.8. The van der Waals surface area contributed by atoms with Gasteiger partial charge in [-0.25, -0.2) is 9.18 Å². The lowest BCUT2D eigenvalue weighted by Crippen LogP contribution is -2.48. The highest BCUT2D eigenvalue weighted by Gasteiger charge is 2.27. The van der Waals surface area contributed by atoms with Crippen molar-refractivity contribution in [3.05, 3.63) is 47.3 Å². The predicted molar refractivity (Wildman–Crippen MR) is 183 cm³/mol. The minimum Gasteiger partial charge on any atom is -0.442 e. The minimum absolute atomic E-state index is 0.0623. The Kier molecular flexibility index (Phi) is 16.0. The van der Waals surface area contributed by atoms with Crippen LogP contribution in [0.15, 0.2) is 35.9 Å². The molecule has 1 amide bonds. The summed E-state index contributed by atoms with van der Waals surface area (Å²) in [7, 11) is 2.01. The summed E-state index contributed by atoms with van der Waals surface area (Å²) in [5.41, 5.74) is 2.28. The molecule has 3 rings (SSSR count). The number of halogens is 1. The summed E-state index contributed by atoms with van der Waals surface area (Å²) in [6.07, 6.45) is 7.21. The molecule has 0 bridgehead atoms. The minimum atomic E-state index is -0.746. The van der Waals surface area contributed by atoms with Gasteiger partial charge in [-0.2, -0.15) is 0 Å². The highest BCUT2D eigenvalue weighted by atomic mass is 19.1. The van der Waals surface area contributed by atoms with Crippen molar-refractivity contribution in [2.24, 2.45) is 17.8 Å². The Balaban J connectivity index is 1.72. The smallest absolute Gasteiger partial charge is 0.410 e. The van der Waals surface area contributed by atoms with Crippen molar-refractivity contribution in [1.82, 2.24) is 14.7 Å². The molecular formula is C36H55FN4O6. The van der Waals surface area contributed by atoms with E-state index >= 15 is 0 Å². The molecule has 2 fully saturated rings. The molecule has 2 N–H and O–H groups in total. The number of ether oxygens (including phenoxy) is 1. The summed E-state index contributed by atoms with van der Waals surface area (Å²) in [6.45, 7) is 12.7. The van der Waals surface area contributed by atoms with E-state index in [1.807, 2.05) is 52.1 Å². The second-order valence-corrected chi connectivity index (χ2v) is 13.2. The fourth-order valence-corrected chi connectivity index (χ4v) is 6.17. The molecule has 262 valence electrons. The molecule has 11 heteroatoms. The van der Waals surface area contributed by atoms with Gasteiger partial charge in [0.1, 0.15) is 24.5 Å². The molecule has 2 aliphatic heterocycles. The van der Waals surface area contributed by atoms with Crippen molar-refractivity contribution in [1.29, 1.82) is 0 Å². The zero-order valence-corrected chi connectivity index (χ0v) is 28.6. The number of hydrogen-bond acceptors (Lipinski definition) is 9. The van der Waals surface area contributed by atoms with Crippen molar-refractivity contribution in [2.75, 3.05) is 77.5 Å². The van der Waals surface area contributed by atoms with Gasteiger partial charge in [0.05, 0.1) is 6.10 Å². The third-order valence-corrected chi connectivity index (χ3v) is 9.40. The normalized spacial score (nSPS) is 20.1. The number of hydrogen-bond donors (Lipinski definition) is 2. The first-order valence-corrected chi connectivity index (χ1v) is 17.0. The summed E-state index contributed by atoms with van der Waals surface area (Å²) in [4.78, 5) is 44.6. The fraction of sp³-hybridized carbons (Fsp3) is 0.639. The van der Waals surface area contributed by atoms with Crippen LogP contribution in [0.3, 0.4) is 0 Å². The second kappa shape index (κ2) is 19.6. The molecule has 2 aliphatic rings. The number of allylic oxidation sites excluding steroid dienone is 2. The van der Waals surface area contributed by atoms with E-state index in [4.69, 9.17) is 9.84 Å². The molecule has 0 unspecified atom stereocenters. The average molecular weight is 659 g/mol. The molecule has 47 heavy (non-hydrogen) atoms. The maximum absolute atomic E-state index is 14.8. The largest absolute Gasteiger partial charge is 0.442 e. The molecule has 1 aromatic rings. The van der Waals surface area contributed by atoms with Crippen LogP contribution < -0.4 is 4.90 Å². The van der Waals surface area contributed by atoms with Crippen LogP contribution in [-0.4, -0.2) is 128 Å². The first kappa shape index (κ1) is 38.3. The van der Waals surface area contributed by atoms with Crippen LogP contribution in [0.2, 0.25) is 0 Å². The zero-order valence-electron chi connectivity index (χ0n) is 28.6. The topological polar surface area (TPSA) is 114 Å². The molecule has 1 aromatic carbocycles. The highest BCUT2D eigenvalue weighted by molar-refractivity contribution is 5.69. The van der Waals surface area contributed by atoms with E-state index in [0.29, 0.717) is 37.8 Å². The van der Waals surface area contributed by atoms with Gasteiger partial charge in [-0.15, -0.1) is 0 Å². The first-order valence-electron chi connectivity index (χ1n) is 17.0. The Morgan fingerprint density at radius 3 is 2.34 bits per heavy atom. The number of carbonyl (C=O) groups excluding carboxylic acids is 3. The van der Waals surface area contributed by atoms with E-state index in [0.717, 1.165) is 69.8 Å². The van der Waals surface area contributed by atoms with Gasteiger partial charge in [-0.05, 0) is 74.9 Å². The predicted octanol–water partition coefficient (Wildman–Crippen LogP) is 3.86. The van der Waals surface area contributed by atoms with Crippen molar-refractivity contribution < 1.29 is 33.7 Å². The van der Waals surface area contributed by atoms with Crippen LogP contribution in [0.25, 0.3) is 6.08 Å². The number of rotatable bonds is 17. The molecule has 2 heterocycles. The van der Waals surface area contributed by atoms with E-state index < -0.39 is 24.2 Å². The lowest BCUT2D eigenvalue weighted by atomic mass is 9.86. The molecule has 5 atom stereocenters. The van der Waals surface area contributed by atoms with Crippen LogP contribution in [0, 0.1) is 23.6 Å². The van der Waals surface area contributed by atoms with Gasteiger partial charge in [-0.3, -0.25) is 4.90 Å². The van der Waals surface area contributed by atoms with E-state index in [2.05, 4.69) is 14.7 Å². The van der Waals surface area contributed by atoms with E-state index in [1.54, 1.807) is 11.0 Å². The zero-order chi connectivity index (χ0) is 34.3. The number of benzene rings is 1. The number of likely N-dealkylation sites (N-methyl/N-ethyl adjacent to an activating group) is 1. The van der Waals surface area contributed by atoms with Gasteiger partial charge in [0, 0.05) is 83.5 Å². The van der Waals surface area contributed by atoms with E-state index in [9.17, 15) is 23.9 Å². The lowest BCUT2D eigenvalue weighted by molar-refractivity contribution is -0.111. The summed E-state index contributed by atoms with van der Waals surface area (Å²) in [5.74, 6) is -1.19. The van der Waals surface area contributed by atoms with Crippen molar-refractivity contribution >= 4 is 30.4 Å². The summed E-state index contributed by atoms with van der Waals surface area (Å²) < 4.78 is 20.7. The number of nitrogens with zero attached hydrogens (tertiary/aromatic N) is 4. The fourth-order valence-electron chi connectivity index (χ4n) is 6.17. The number of carbonyl (C=O) groups is 3. The van der Waals surface area contributed by atoms with E-state index in [1.165, 1.54) is 6.07 Å². The van der Waals surface area contributed by atoms with Crippen molar-refractivity contribution in [3.63, 3.8) is 0 Å². The van der Waals surface area contributed by atoms with Crippen LogP contribution in [0.5, 0.6) is 0 Å². The Morgan fingerprint density at radius 2 is 1.70 bits per heavy atom. The summed E-state index contributed by atoms with van der Waals surface area (Å²) in [6, 6.07) is 4.97. The van der Waals surface area contributed by atoms with Crippen molar-refractivity contribution in [3.8, 4) is 0 Å². The number of anilines is 1. The summed E-state index contributed by atoms with van der Waals surface area (Å²) >= 11 is 0. The number of aliphatic hydroxyl groups is 2. The number of piperazine rings is 2. The Bertz CT molecular complexity index is 1200. The Morgan fingerprint density at radius 1 is 1.00 bits per heavy atom. The SMILES string of the molecule is C/C(=C\c1cc(F)cc(N2CCN(CCCO)CC2)c1)[C@@H](C=O)[C@@H](C)/C=C/[C@H](OC(=O)N1CCN(C)CC1)[C@@H](C)CC[C@@H](O)CC=O. The van der Waals surface area contributed by atoms with Crippen LogP contribution in [0.1, 0.15) is 52.0 Å². The first-order chi connectivity index (χ1) is 22.5. The molecule has 10 nitrogen and oxygen atoms in total. The van der Waals surface area contributed by atoms with Crippen LogP contribution in [0.4, 0.5) is 14.9 Å².